The fourth-order valence-electron chi connectivity index (χ4n) is 2.19. The Morgan fingerprint density at radius 3 is 2.82 bits per heavy atom. The highest BCUT2D eigenvalue weighted by Gasteiger charge is 2.25. The lowest BCUT2D eigenvalue weighted by Crippen LogP contribution is -2.48. The number of anilines is 1. The molecule has 4 nitrogen and oxygen atoms in total. The van der Waals surface area contributed by atoms with E-state index in [4.69, 9.17) is 15.9 Å². The molecule has 4 heteroatoms. The van der Waals surface area contributed by atoms with Gasteiger partial charge in [0.15, 0.2) is 0 Å². The van der Waals surface area contributed by atoms with Crippen molar-refractivity contribution in [2.75, 3.05) is 18.1 Å². The van der Waals surface area contributed by atoms with Crippen molar-refractivity contribution in [1.29, 1.82) is 5.41 Å². The molecule has 0 aromatic heterocycles. The number of nitrogens with zero attached hydrogens (tertiary/aromatic N) is 1. The maximum Gasteiger partial charge on any atom is 0.124 e. The smallest absolute Gasteiger partial charge is 0.124 e. The van der Waals surface area contributed by atoms with E-state index in [1.54, 1.807) is 0 Å². The van der Waals surface area contributed by atoms with Crippen molar-refractivity contribution >= 4 is 11.5 Å². The van der Waals surface area contributed by atoms with E-state index in [0.717, 1.165) is 17.8 Å². The van der Waals surface area contributed by atoms with Crippen LogP contribution in [0.3, 0.4) is 0 Å². The number of benzene rings is 1. The maximum atomic E-state index is 7.63. The lowest BCUT2D eigenvalue weighted by molar-refractivity contribution is 0.0343. The first kappa shape index (κ1) is 11.9. The maximum absolute atomic E-state index is 7.63. The highest BCUT2D eigenvalue weighted by atomic mass is 16.5. The van der Waals surface area contributed by atoms with Gasteiger partial charge in [0.2, 0.25) is 0 Å². The third kappa shape index (κ3) is 2.42. The number of ether oxygens (including phenoxy) is 1. The lowest BCUT2D eigenvalue weighted by atomic mass is 10.1. The van der Waals surface area contributed by atoms with Crippen LogP contribution in [0.1, 0.15) is 19.4 Å². The van der Waals surface area contributed by atoms with E-state index in [1.165, 1.54) is 0 Å². The Balaban J connectivity index is 2.35. The van der Waals surface area contributed by atoms with Gasteiger partial charge >= 0.3 is 0 Å². The van der Waals surface area contributed by atoms with Crippen molar-refractivity contribution in [2.45, 2.75) is 26.0 Å². The number of para-hydroxylation sites is 1. The zero-order valence-electron chi connectivity index (χ0n) is 10.3. The molecule has 1 aliphatic rings. The second-order valence-electron chi connectivity index (χ2n) is 4.58. The molecule has 17 heavy (non-hydrogen) atoms. The summed E-state index contributed by atoms with van der Waals surface area (Å²) in [5.74, 6) is 0.118. The van der Waals surface area contributed by atoms with Gasteiger partial charge in [-0.1, -0.05) is 12.1 Å². The van der Waals surface area contributed by atoms with Gasteiger partial charge in [0.25, 0.3) is 0 Å². The van der Waals surface area contributed by atoms with Crippen LogP contribution in [0.15, 0.2) is 24.3 Å². The van der Waals surface area contributed by atoms with Crippen LogP contribution in [0.5, 0.6) is 0 Å². The second-order valence-corrected chi connectivity index (χ2v) is 4.58. The number of morpholine rings is 1. The van der Waals surface area contributed by atoms with Gasteiger partial charge in [-0.2, -0.15) is 0 Å². The molecule has 1 aromatic rings. The van der Waals surface area contributed by atoms with Crippen molar-refractivity contribution in [3.05, 3.63) is 29.8 Å². The predicted octanol–water partition coefficient (Wildman–Crippen LogP) is 1.58. The van der Waals surface area contributed by atoms with Crippen LogP contribution in [0.2, 0.25) is 0 Å². The van der Waals surface area contributed by atoms with Gasteiger partial charge in [0.1, 0.15) is 5.84 Å². The highest BCUT2D eigenvalue weighted by Crippen LogP contribution is 2.25. The normalized spacial score (nSPS) is 24.7. The van der Waals surface area contributed by atoms with E-state index in [9.17, 15) is 0 Å². The summed E-state index contributed by atoms with van der Waals surface area (Å²) in [7, 11) is 0. The molecule has 0 spiro atoms. The first-order chi connectivity index (χ1) is 8.09. The zero-order valence-corrected chi connectivity index (χ0v) is 10.3. The van der Waals surface area contributed by atoms with Crippen molar-refractivity contribution in [2.24, 2.45) is 5.73 Å². The predicted molar refractivity (Wildman–Crippen MR) is 69.7 cm³/mol. The third-order valence-corrected chi connectivity index (χ3v) is 3.11. The second kappa shape index (κ2) is 4.75. The summed E-state index contributed by atoms with van der Waals surface area (Å²) in [6, 6.07) is 8.12. The van der Waals surface area contributed by atoms with E-state index in [0.29, 0.717) is 12.6 Å². The van der Waals surface area contributed by atoms with Crippen molar-refractivity contribution in [3.8, 4) is 0 Å². The Morgan fingerprint density at radius 1 is 1.41 bits per heavy atom. The van der Waals surface area contributed by atoms with Crippen LogP contribution in [0, 0.1) is 5.41 Å². The molecule has 92 valence electrons. The van der Waals surface area contributed by atoms with Crippen LogP contribution in [-0.2, 0) is 4.74 Å². The summed E-state index contributed by atoms with van der Waals surface area (Å²) in [6.45, 7) is 5.75. The Morgan fingerprint density at radius 2 is 2.12 bits per heavy atom. The van der Waals surface area contributed by atoms with Gasteiger partial charge in [0.05, 0.1) is 12.7 Å². The van der Waals surface area contributed by atoms with Crippen LogP contribution < -0.4 is 10.6 Å². The Bertz CT molecular complexity index is 419. The molecular weight excluding hydrogens is 214 g/mol. The van der Waals surface area contributed by atoms with Gasteiger partial charge in [-0.3, -0.25) is 5.41 Å². The first-order valence-electron chi connectivity index (χ1n) is 5.91. The quantitative estimate of drug-likeness (QED) is 0.602. The van der Waals surface area contributed by atoms with Gasteiger partial charge < -0.3 is 15.4 Å². The van der Waals surface area contributed by atoms with Crippen LogP contribution in [-0.4, -0.2) is 31.1 Å². The number of hydrogen-bond donors (Lipinski definition) is 2. The molecule has 1 heterocycles. The van der Waals surface area contributed by atoms with Gasteiger partial charge in [-0.15, -0.1) is 0 Å². The molecule has 1 fully saturated rings. The van der Waals surface area contributed by atoms with Crippen molar-refractivity contribution < 1.29 is 4.74 Å². The summed E-state index contributed by atoms with van der Waals surface area (Å²) in [5.41, 5.74) is 7.46. The van der Waals surface area contributed by atoms with E-state index in [1.807, 2.05) is 24.3 Å². The van der Waals surface area contributed by atoms with Crippen LogP contribution in [0.4, 0.5) is 5.69 Å². The molecule has 1 saturated heterocycles. The minimum atomic E-state index is 0.118. The third-order valence-electron chi connectivity index (χ3n) is 3.11. The number of nitrogens with one attached hydrogen (secondary N) is 1. The fraction of sp³-hybridized carbons (Fsp3) is 0.462. The standard InChI is InChI=1S/C13H19N3O/c1-9-8-17-10(2)7-16(9)12-6-4-3-5-11(12)13(14)15/h3-6,9-10H,7-8H2,1-2H3,(H3,14,15). The summed E-state index contributed by atoms with van der Waals surface area (Å²) < 4.78 is 5.62. The molecule has 0 radical (unpaired) electrons. The highest BCUT2D eigenvalue weighted by molar-refractivity contribution is 6.00. The van der Waals surface area contributed by atoms with Gasteiger partial charge in [-0.25, -0.2) is 0 Å². The average Bonchev–Trinajstić information content (AvgIpc) is 2.32. The number of hydrogen-bond acceptors (Lipinski definition) is 3. The minimum Gasteiger partial charge on any atom is -0.384 e. The van der Waals surface area contributed by atoms with E-state index >= 15 is 0 Å². The average molecular weight is 233 g/mol. The van der Waals surface area contributed by atoms with Gasteiger partial charge in [-0.05, 0) is 26.0 Å². The van der Waals surface area contributed by atoms with Gasteiger partial charge in [0, 0.05) is 23.8 Å². The lowest BCUT2D eigenvalue weighted by Gasteiger charge is -2.39. The zero-order chi connectivity index (χ0) is 12.4. The number of nitrogens with two attached hydrogens (primary N) is 1. The number of amidine groups is 1. The van der Waals surface area contributed by atoms with E-state index in [-0.39, 0.29) is 11.9 Å². The molecule has 1 aliphatic heterocycles. The fourth-order valence-corrected chi connectivity index (χ4v) is 2.19. The molecule has 2 unspecified atom stereocenters. The Labute approximate surface area is 102 Å². The van der Waals surface area contributed by atoms with E-state index in [2.05, 4.69) is 18.7 Å². The van der Waals surface area contributed by atoms with Crippen molar-refractivity contribution in [1.82, 2.24) is 0 Å². The topological polar surface area (TPSA) is 62.3 Å². The summed E-state index contributed by atoms with van der Waals surface area (Å²) >= 11 is 0. The minimum absolute atomic E-state index is 0.118. The Hall–Kier alpha value is -1.55. The number of nitrogen functional groups attached to an aromatic ring is 1. The first-order valence-corrected chi connectivity index (χ1v) is 5.91. The summed E-state index contributed by atoms with van der Waals surface area (Å²) in [4.78, 5) is 2.27. The molecule has 0 saturated carbocycles. The summed E-state index contributed by atoms with van der Waals surface area (Å²) in [6.07, 6.45) is 0.214. The monoisotopic (exact) mass is 233 g/mol. The number of rotatable bonds is 2. The van der Waals surface area contributed by atoms with Crippen molar-refractivity contribution in [3.63, 3.8) is 0 Å². The molecule has 3 N–H and O–H groups in total. The summed E-state index contributed by atoms with van der Waals surface area (Å²) in [5, 5.41) is 7.63. The molecule has 0 aliphatic carbocycles. The molecular formula is C13H19N3O. The molecule has 0 amide bonds. The molecule has 0 bridgehead atoms. The largest absolute Gasteiger partial charge is 0.384 e. The SMILES string of the molecule is CC1CN(c2ccccc2C(=N)N)C(C)CO1. The van der Waals surface area contributed by atoms with E-state index < -0.39 is 0 Å². The molecule has 2 atom stereocenters. The van der Waals surface area contributed by atoms with Crippen LogP contribution in [0.25, 0.3) is 0 Å². The van der Waals surface area contributed by atoms with Crippen LogP contribution >= 0.6 is 0 Å². The molecule has 1 aromatic carbocycles. The molecule has 2 rings (SSSR count). The Kier molecular flexibility index (Phi) is 3.33.